The fraction of sp³-hybridized carbons (Fsp3) is 0.0588. The number of benzene rings is 2. The number of hydrogen-bond acceptors (Lipinski definition) is 5. The molecule has 0 fully saturated rings. The Morgan fingerprint density at radius 1 is 1.08 bits per heavy atom. The number of anilines is 5. The normalized spacial score (nSPS) is 10.6. The first kappa shape index (κ1) is 17.4. The van der Waals surface area contributed by atoms with E-state index >= 15 is 0 Å². The van der Waals surface area contributed by atoms with Gasteiger partial charge in [-0.2, -0.15) is 0 Å². The van der Waals surface area contributed by atoms with Crippen LogP contribution in [0, 0.1) is 12.7 Å². The van der Waals surface area contributed by atoms with Gasteiger partial charge in [0.2, 0.25) is 0 Å². The molecule has 0 aliphatic carbocycles. The molecular weight excluding hydrogens is 409 g/mol. The van der Waals surface area contributed by atoms with Crippen LogP contribution in [-0.4, -0.2) is 9.97 Å². The smallest absolute Gasteiger partial charge is 0.159 e. The molecule has 0 radical (unpaired) electrons. The zero-order valence-electron chi connectivity index (χ0n) is 13.1. The Balaban J connectivity index is 1.91. The van der Waals surface area contributed by atoms with E-state index in [0.717, 1.165) is 11.3 Å². The predicted octanol–water partition coefficient (Wildman–Crippen LogP) is 5.41. The highest BCUT2D eigenvalue weighted by Crippen LogP contribution is 2.31. The van der Waals surface area contributed by atoms with Crippen molar-refractivity contribution in [1.82, 2.24) is 9.97 Å². The Bertz CT molecular complexity index is 935. The fourth-order valence-corrected chi connectivity index (χ4v) is 2.69. The van der Waals surface area contributed by atoms with Gasteiger partial charge in [-0.15, -0.1) is 0 Å². The second-order valence-electron chi connectivity index (χ2n) is 5.27. The third-order valence-electron chi connectivity index (χ3n) is 3.59. The number of nitrogens with zero attached hydrogens (tertiary/aromatic N) is 2. The molecule has 3 aromatic rings. The van der Waals surface area contributed by atoms with Crippen LogP contribution in [0.4, 0.5) is 33.1 Å². The Kier molecular flexibility index (Phi) is 5.06. The highest BCUT2D eigenvalue weighted by atomic mass is 79.9. The molecule has 0 saturated carbocycles. The first-order valence-electron chi connectivity index (χ1n) is 7.30. The number of rotatable bonds is 4. The molecule has 8 heteroatoms. The number of nitrogens with one attached hydrogen (secondary N) is 2. The third-order valence-corrected chi connectivity index (χ3v) is 4.49. The largest absolute Gasteiger partial charge is 0.393 e. The molecule has 0 unspecified atom stereocenters. The first-order valence-corrected chi connectivity index (χ1v) is 8.47. The molecule has 1 heterocycles. The van der Waals surface area contributed by atoms with Gasteiger partial charge in [0.05, 0.1) is 5.69 Å². The Labute approximate surface area is 157 Å². The molecule has 0 spiro atoms. The molecule has 0 atom stereocenters. The highest BCUT2D eigenvalue weighted by molar-refractivity contribution is 9.10. The third kappa shape index (κ3) is 3.83. The van der Waals surface area contributed by atoms with Crippen LogP contribution in [0.5, 0.6) is 0 Å². The number of halogens is 3. The number of hydrogen-bond donors (Lipinski definition) is 3. The highest BCUT2D eigenvalue weighted by Gasteiger charge is 2.12. The van der Waals surface area contributed by atoms with Crippen molar-refractivity contribution in [3.8, 4) is 0 Å². The second kappa shape index (κ2) is 7.25. The lowest BCUT2D eigenvalue weighted by Crippen LogP contribution is -2.06. The van der Waals surface area contributed by atoms with Crippen LogP contribution in [0.1, 0.15) is 5.56 Å². The summed E-state index contributed by atoms with van der Waals surface area (Å²) < 4.78 is 14.6. The minimum atomic E-state index is -0.424. The standard InChI is InChI=1S/C17H14BrClFN5/c1-9-11(19)3-2-4-13(9)24-16-15(21)17(23-8-22-16)25-14-6-5-10(18)7-12(14)20/h2-8H,21H2,1H3,(H2,22,23,24,25). The molecule has 4 N–H and O–H groups in total. The summed E-state index contributed by atoms with van der Waals surface area (Å²) in [5, 5.41) is 6.64. The average molecular weight is 423 g/mol. The summed E-state index contributed by atoms with van der Waals surface area (Å²) in [5.74, 6) is 0.284. The van der Waals surface area contributed by atoms with Crippen LogP contribution >= 0.6 is 27.5 Å². The molecule has 0 saturated heterocycles. The van der Waals surface area contributed by atoms with Crippen LogP contribution in [0.3, 0.4) is 0 Å². The monoisotopic (exact) mass is 421 g/mol. The van der Waals surface area contributed by atoms with Gasteiger partial charge in [-0.3, -0.25) is 0 Å². The summed E-state index contributed by atoms with van der Waals surface area (Å²) in [6, 6.07) is 10.2. The quantitative estimate of drug-likeness (QED) is 0.524. The molecule has 0 amide bonds. The van der Waals surface area contributed by atoms with E-state index in [9.17, 15) is 4.39 Å². The van der Waals surface area contributed by atoms with Crippen molar-refractivity contribution in [2.45, 2.75) is 6.92 Å². The topological polar surface area (TPSA) is 75.9 Å². The van der Waals surface area contributed by atoms with Crippen LogP contribution < -0.4 is 16.4 Å². The van der Waals surface area contributed by atoms with Crippen molar-refractivity contribution in [3.63, 3.8) is 0 Å². The molecule has 25 heavy (non-hydrogen) atoms. The van der Waals surface area contributed by atoms with Crippen molar-refractivity contribution in [3.05, 3.63) is 63.6 Å². The van der Waals surface area contributed by atoms with Crippen LogP contribution in [0.2, 0.25) is 5.02 Å². The minimum Gasteiger partial charge on any atom is -0.393 e. The predicted molar refractivity (Wildman–Crippen MR) is 103 cm³/mol. The van der Waals surface area contributed by atoms with Gasteiger partial charge in [-0.1, -0.05) is 33.6 Å². The summed E-state index contributed by atoms with van der Waals surface area (Å²) in [5.41, 5.74) is 8.31. The van der Waals surface area contributed by atoms with Gasteiger partial charge in [0.15, 0.2) is 11.6 Å². The molecule has 1 aromatic heterocycles. The van der Waals surface area contributed by atoms with E-state index in [4.69, 9.17) is 17.3 Å². The lowest BCUT2D eigenvalue weighted by molar-refractivity contribution is 0.631. The van der Waals surface area contributed by atoms with Crippen molar-refractivity contribution in [1.29, 1.82) is 0 Å². The summed E-state index contributed by atoms with van der Waals surface area (Å²) in [4.78, 5) is 8.24. The van der Waals surface area contributed by atoms with E-state index in [1.54, 1.807) is 18.2 Å². The molecule has 128 valence electrons. The second-order valence-corrected chi connectivity index (χ2v) is 6.59. The summed E-state index contributed by atoms with van der Waals surface area (Å²) in [6.07, 6.45) is 1.34. The lowest BCUT2D eigenvalue weighted by atomic mass is 10.2. The summed E-state index contributed by atoms with van der Waals surface area (Å²) >= 11 is 9.35. The summed E-state index contributed by atoms with van der Waals surface area (Å²) in [6.45, 7) is 1.89. The Morgan fingerprint density at radius 2 is 1.76 bits per heavy atom. The van der Waals surface area contributed by atoms with E-state index in [0.29, 0.717) is 21.1 Å². The van der Waals surface area contributed by atoms with Crippen LogP contribution in [-0.2, 0) is 0 Å². The fourth-order valence-electron chi connectivity index (χ4n) is 2.18. The van der Waals surface area contributed by atoms with E-state index in [2.05, 4.69) is 36.5 Å². The Hall–Kier alpha value is -2.38. The maximum Gasteiger partial charge on any atom is 0.159 e. The molecule has 0 aliphatic heterocycles. The van der Waals surface area contributed by atoms with Crippen molar-refractivity contribution in [2.75, 3.05) is 16.4 Å². The van der Waals surface area contributed by atoms with Gasteiger partial charge < -0.3 is 16.4 Å². The van der Waals surface area contributed by atoms with Gasteiger partial charge >= 0.3 is 0 Å². The average Bonchev–Trinajstić information content (AvgIpc) is 2.57. The molecule has 5 nitrogen and oxygen atoms in total. The SMILES string of the molecule is Cc1c(Cl)cccc1Nc1ncnc(Nc2ccc(Br)cc2F)c1N. The molecular formula is C17H14BrClFN5. The van der Waals surface area contributed by atoms with E-state index in [-0.39, 0.29) is 11.4 Å². The number of nitrogen functional groups attached to an aromatic ring is 1. The van der Waals surface area contributed by atoms with E-state index < -0.39 is 5.82 Å². The zero-order chi connectivity index (χ0) is 18.0. The molecule has 0 bridgehead atoms. The van der Waals surface area contributed by atoms with Crippen LogP contribution in [0.15, 0.2) is 47.2 Å². The van der Waals surface area contributed by atoms with Gasteiger partial charge in [-0.25, -0.2) is 14.4 Å². The van der Waals surface area contributed by atoms with Gasteiger partial charge in [0.1, 0.15) is 17.8 Å². The van der Waals surface area contributed by atoms with Crippen molar-refractivity contribution >= 4 is 56.2 Å². The van der Waals surface area contributed by atoms with Crippen LogP contribution in [0.25, 0.3) is 0 Å². The maximum absolute atomic E-state index is 14.0. The summed E-state index contributed by atoms with van der Waals surface area (Å²) in [7, 11) is 0. The van der Waals surface area contributed by atoms with E-state index in [1.165, 1.54) is 12.4 Å². The molecule has 0 aliphatic rings. The van der Waals surface area contributed by atoms with Crippen molar-refractivity contribution in [2.24, 2.45) is 0 Å². The van der Waals surface area contributed by atoms with E-state index in [1.807, 2.05) is 19.1 Å². The van der Waals surface area contributed by atoms with Gasteiger partial charge in [-0.05, 0) is 42.8 Å². The maximum atomic E-state index is 14.0. The van der Waals surface area contributed by atoms with Gasteiger partial charge in [0.25, 0.3) is 0 Å². The zero-order valence-corrected chi connectivity index (χ0v) is 15.5. The molecule has 3 rings (SSSR count). The molecule has 2 aromatic carbocycles. The minimum absolute atomic E-state index is 0.262. The number of nitrogens with two attached hydrogens (primary N) is 1. The Morgan fingerprint density at radius 3 is 2.44 bits per heavy atom. The van der Waals surface area contributed by atoms with Gasteiger partial charge in [0, 0.05) is 15.2 Å². The van der Waals surface area contributed by atoms with Crippen molar-refractivity contribution < 1.29 is 4.39 Å². The lowest BCUT2D eigenvalue weighted by Gasteiger charge is -2.14. The number of aromatic nitrogens is 2. The first-order chi connectivity index (χ1) is 12.0.